The van der Waals surface area contributed by atoms with E-state index in [1.165, 1.54) is 10.5 Å². The second kappa shape index (κ2) is 5.65. The molecule has 1 aliphatic carbocycles. The quantitative estimate of drug-likeness (QED) is 0.877. The smallest absolute Gasteiger partial charge is 0.409 e. The molecule has 1 amide bonds. The molecule has 21 heavy (non-hydrogen) atoms. The predicted octanol–water partition coefficient (Wildman–Crippen LogP) is 0.906. The van der Waals surface area contributed by atoms with E-state index in [9.17, 15) is 13.2 Å². The Kier molecular flexibility index (Phi) is 3.86. The number of fused-ring (bicyclic) bond motifs is 1. The zero-order valence-electron chi connectivity index (χ0n) is 11.7. The normalized spacial score (nSPS) is 17.9. The van der Waals surface area contributed by atoms with E-state index in [1.54, 1.807) is 12.1 Å². The van der Waals surface area contributed by atoms with Crippen LogP contribution in [0.25, 0.3) is 0 Å². The summed E-state index contributed by atoms with van der Waals surface area (Å²) in [6.07, 6.45) is 2.67. The van der Waals surface area contributed by atoms with Crippen LogP contribution in [0.2, 0.25) is 0 Å². The van der Waals surface area contributed by atoms with E-state index in [0.717, 1.165) is 24.8 Å². The summed E-state index contributed by atoms with van der Waals surface area (Å²) in [5.41, 5.74) is 2.37. The molecule has 1 aromatic rings. The maximum Gasteiger partial charge on any atom is 0.409 e. The summed E-state index contributed by atoms with van der Waals surface area (Å²) in [6.45, 7) is 1.40. The molecule has 0 atom stereocenters. The van der Waals surface area contributed by atoms with Gasteiger partial charge in [-0.3, -0.25) is 0 Å². The number of amides is 1. The molecule has 6 nitrogen and oxygen atoms in total. The Morgan fingerprint density at radius 2 is 2.05 bits per heavy atom. The van der Waals surface area contributed by atoms with Crippen molar-refractivity contribution in [3.8, 4) is 0 Å². The van der Waals surface area contributed by atoms with Gasteiger partial charge in [-0.05, 0) is 42.5 Å². The van der Waals surface area contributed by atoms with E-state index in [1.807, 2.05) is 6.07 Å². The number of hydrogen-bond acceptors (Lipinski definition) is 4. The van der Waals surface area contributed by atoms with Crippen molar-refractivity contribution in [3.63, 3.8) is 0 Å². The highest BCUT2D eigenvalue weighted by atomic mass is 32.2. The predicted molar refractivity (Wildman–Crippen MR) is 76.6 cm³/mol. The number of cyclic esters (lactones) is 1. The number of aryl methyl sites for hydroxylation is 2. The Balaban J connectivity index is 1.62. The summed E-state index contributed by atoms with van der Waals surface area (Å²) < 4.78 is 31.8. The molecule has 114 valence electrons. The first kappa shape index (κ1) is 14.3. The number of carbonyl (C=O) groups is 1. The lowest BCUT2D eigenvalue weighted by Crippen LogP contribution is -2.35. The summed E-state index contributed by atoms with van der Waals surface area (Å²) in [6, 6.07) is 5.31. The molecule has 1 aromatic carbocycles. The van der Waals surface area contributed by atoms with Crippen molar-refractivity contribution in [2.75, 3.05) is 26.2 Å². The van der Waals surface area contributed by atoms with Crippen LogP contribution in [0.3, 0.4) is 0 Å². The summed E-state index contributed by atoms with van der Waals surface area (Å²) in [7, 11) is -3.52. The van der Waals surface area contributed by atoms with Crippen LogP contribution in [-0.4, -0.2) is 45.7 Å². The number of sulfonamides is 1. The third-order valence-corrected chi connectivity index (χ3v) is 5.36. The molecule has 1 N–H and O–H groups in total. The van der Waals surface area contributed by atoms with E-state index >= 15 is 0 Å². The van der Waals surface area contributed by atoms with E-state index in [4.69, 9.17) is 4.74 Å². The number of ether oxygens (including phenoxy) is 1. The third-order valence-electron chi connectivity index (χ3n) is 3.90. The van der Waals surface area contributed by atoms with Crippen molar-refractivity contribution in [1.29, 1.82) is 0 Å². The SMILES string of the molecule is O=C1OCCN1CCNS(=O)(=O)c1ccc2c(c1)CCC2. The van der Waals surface area contributed by atoms with Gasteiger partial charge < -0.3 is 9.64 Å². The van der Waals surface area contributed by atoms with E-state index in [0.29, 0.717) is 24.6 Å². The van der Waals surface area contributed by atoms with Gasteiger partial charge in [0.05, 0.1) is 11.4 Å². The topological polar surface area (TPSA) is 75.7 Å². The Labute approximate surface area is 124 Å². The minimum atomic E-state index is -3.52. The summed E-state index contributed by atoms with van der Waals surface area (Å²) in [4.78, 5) is 13.0. The number of benzene rings is 1. The van der Waals surface area contributed by atoms with Gasteiger partial charge in [0.25, 0.3) is 0 Å². The van der Waals surface area contributed by atoms with Crippen molar-refractivity contribution in [1.82, 2.24) is 9.62 Å². The minimum absolute atomic E-state index is 0.189. The molecule has 1 saturated heterocycles. The van der Waals surface area contributed by atoms with Crippen LogP contribution in [0.1, 0.15) is 17.5 Å². The molecule has 1 aliphatic heterocycles. The molecule has 0 radical (unpaired) electrons. The molecule has 0 saturated carbocycles. The van der Waals surface area contributed by atoms with Gasteiger partial charge in [0.15, 0.2) is 0 Å². The molecule has 2 aliphatic rings. The van der Waals surface area contributed by atoms with Gasteiger partial charge in [-0.15, -0.1) is 0 Å². The second-order valence-electron chi connectivity index (χ2n) is 5.28. The van der Waals surface area contributed by atoms with Crippen LogP contribution < -0.4 is 4.72 Å². The zero-order valence-corrected chi connectivity index (χ0v) is 12.5. The molecule has 0 unspecified atom stereocenters. The number of hydrogen-bond donors (Lipinski definition) is 1. The van der Waals surface area contributed by atoms with Crippen LogP contribution in [0.15, 0.2) is 23.1 Å². The van der Waals surface area contributed by atoms with Crippen LogP contribution >= 0.6 is 0 Å². The fourth-order valence-corrected chi connectivity index (χ4v) is 3.81. The molecule has 3 rings (SSSR count). The van der Waals surface area contributed by atoms with E-state index < -0.39 is 10.0 Å². The Bertz CT molecular complexity index is 657. The van der Waals surface area contributed by atoms with Crippen molar-refractivity contribution in [2.45, 2.75) is 24.2 Å². The Morgan fingerprint density at radius 3 is 2.81 bits per heavy atom. The summed E-state index contributed by atoms with van der Waals surface area (Å²) in [5, 5.41) is 0. The molecule has 1 fully saturated rings. The van der Waals surface area contributed by atoms with Gasteiger partial charge in [-0.1, -0.05) is 6.07 Å². The molecule has 0 spiro atoms. The maximum atomic E-state index is 12.2. The highest BCUT2D eigenvalue weighted by Crippen LogP contribution is 2.24. The summed E-state index contributed by atoms with van der Waals surface area (Å²) in [5.74, 6) is 0. The van der Waals surface area contributed by atoms with Gasteiger partial charge in [-0.25, -0.2) is 17.9 Å². The molecule has 0 aromatic heterocycles. The highest BCUT2D eigenvalue weighted by Gasteiger charge is 2.23. The second-order valence-corrected chi connectivity index (χ2v) is 7.05. The molecule has 0 bridgehead atoms. The van der Waals surface area contributed by atoms with Crippen LogP contribution in [0.4, 0.5) is 4.79 Å². The average molecular weight is 310 g/mol. The van der Waals surface area contributed by atoms with Crippen molar-refractivity contribution < 1.29 is 17.9 Å². The largest absolute Gasteiger partial charge is 0.448 e. The highest BCUT2D eigenvalue weighted by molar-refractivity contribution is 7.89. The lowest BCUT2D eigenvalue weighted by Gasteiger charge is -2.13. The van der Waals surface area contributed by atoms with Crippen molar-refractivity contribution >= 4 is 16.1 Å². The van der Waals surface area contributed by atoms with Crippen molar-refractivity contribution in [2.24, 2.45) is 0 Å². The first-order valence-corrected chi connectivity index (χ1v) is 8.58. The first-order valence-electron chi connectivity index (χ1n) is 7.09. The van der Waals surface area contributed by atoms with E-state index in [2.05, 4.69) is 4.72 Å². The number of nitrogens with zero attached hydrogens (tertiary/aromatic N) is 1. The van der Waals surface area contributed by atoms with Crippen LogP contribution in [0, 0.1) is 0 Å². The monoisotopic (exact) mass is 310 g/mol. The Morgan fingerprint density at radius 1 is 1.24 bits per heavy atom. The fraction of sp³-hybridized carbons (Fsp3) is 0.500. The zero-order chi connectivity index (χ0) is 14.9. The number of nitrogens with one attached hydrogen (secondary N) is 1. The molecular formula is C14H18N2O4S. The van der Waals surface area contributed by atoms with Gasteiger partial charge in [0.2, 0.25) is 10.0 Å². The van der Waals surface area contributed by atoms with Gasteiger partial charge in [-0.2, -0.15) is 0 Å². The van der Waals surface area contributed by atoms with Crippen molar-refractivity contribution in [3.05, 3.63) is 29.3 Å². The number of rotatable bonds is 5. The lowest BCUT2D eigenvalue weighted by molar-refractivity contribution is 0.159. The van der Waals surface area contributed by atoms with Crippen LogP contribution in [-0.2, 0) is 27.6 Å². The lowest BCUT2D eigenvalue weighted by atomic mass is 10.1. The van der Waals surface area contributed by atoms with E-state index in [-0.39, 0.29) is 12.6 Å². The van der Waals surface area contributed by atoms with Gasteiger partial charge >= 0.3 is 6.09 Å². The molecular weight excluding hydrogens is 292 g/mol. The molecule has 7 heteroatoms. The first-order chi connectivity index (χ1) is 10.1. The third kappa shape index (κ3) is 3.03. The average Bonchev–Trinajstić information content (AvgIpc) is 3.07. The Hall–Kier alpha value is -1.60. The number of carbonyl (C=O) groups excluding carboxylic acids is 1. The minimum Gasteiger partial charge on any atom is -0.448 e. The maximum absolute atomic E-state index is 12.2. The fourth-order valence-electron chi connectivity index (χ4n) is 2.74. The van der Waals surface area contributed by atoms with Gasteiger partial charge in [0, 0.05) is 13.1 Å². The molecule has 1 heterocycles. The van der Waals surface area contributed by atoms with Gasteiger partial charge in [0.1, 0.15) is 6.61 Å². The van der Waals surface area contributed by atoms with Crippen LogP contribution in [0.5, 0.6) is 0 Å². The standard InChI is InChI=1S/C14H18N2O4S/c17-14-16(8-9-20-14)7-6-15-21(18,19)13-5-4-11-2-1-3-12(11)10-13/h4-5,10,15H,1-3,6-9H2. The summed E-state index contributed by atoms with van der Waals surface area (Å²) >= 11 is 0.